The van der Waals surface area contributed by atoms with E-state index in [1.165, 1.54) is 0 Å². The van der Waals surface area contributed by atoms with Gasteiger partial charge in [0, 0.05) is 15.6 Å². The molecule has 1 aromatic rings. The van der Waals surface area contributed by atoms with Crippen molar-refractivity contribution < 1.29 is 0 Å². The Balaban J connectivity index is 3.17. The molecule has 4 heteroatoms. The lowest BCUT2D eigenvalue weighted by atomic mass is 10.5. The van der Waals surface area contributed by atoms with Crippen molar-refractivity contribution in [3.63, 3.8) is 0 Å². The van der Waals surface area contributed by atoms with Gasteiger partial charge >= 0.3 is 0 Å². The molecule has 0 radical (unpaired) electrons. The molecule has 1 heterocycles. The summed E-state index contributed by atoms with van der Waals surface area (Å²) < 4.78 is 0.886. The summed E-state index contributed by atoms with van der Waals surface area (Å²) in [5.41, 5.74) is 0. The standard InChI is InChI=1S/C5H3BrClNS/c6-3-1-4(9)5(7)8-2-3/h1-2,9H. The minimum Gasteiger partial charge on any atom is -0.242 e. The van der Waals surface area contributed by atoms with Crippen LogP contribution in [0.4, 0.5) is 0 Å². The molecule has 1 rings (SSSR count). The number of halogens is 2. The van der Waals surface area contributed by atoms with Crippen LogP contribution in [0.25, 0.3) is 0 Å². The van der Waals surface area contributed by atoms with Crippen LogP contribution in [0.3, 0.4) is 0 Å². The van der Waals surface area contributed by atoms with E-state index in [0.717, 1.165) is 4.47 Å². The molecule has 0 aliphatic carbocycles. The molecule has 0 aromatic carbocycles. The first-order valence-corrected chi connectivity index (χ1v) is 3.82. The van der Waals surface area contributed by atoms with Crippen LogP contribution >= 0.6 is 40.2 Å². The van der Waals surface area contributed by atoms with Gasteiger partial charge in [-0.1, -0.05) is 11.6 Å². The molecule has 0 saturated carbocycles. The molecular formula is C5H3BrClNS. The van der Waals surface area contributed by atoms with E-state index >= 15 is 0 Å². The number of rotatable bonds is 0. The maximum Gasteiger partial charge on any atom is 0.142 e. The average molecular weight is 225 g/mol. The zero-order valence-corrected chi connectivity index (χ0v) is 7.54. The summed E-state index contributed by atoms with van der Waals surface area (Å²) >= 11 is 12.8. The van der Waals surface area contributed by atoms with E-state index in [4.69, 9.17) is 11.6 Å². The first-order valence-electron chi connectivity index (χ1n) is 2.20. The predicted octanol–water partition coefficient (Wildman–Crippen LogP) is 2.79. The van der Waals surface area contributed by atoms with Gasteiger partial charge < -0.3 is 0 Å². The molecule has 0 bridgehead atoms. The maximum absolute atomic E-state index is 5.57. The van der Waals surface area contributed by atoms with Crippen molar-refractivity contribution >= 4 is 40.2 Å². The number of hydrogen-bond acceptors (Lipinski definition) is 2. The Hall–Kier alpha value is 0.270. The minimum absolute atomic E-state index is 0.432. The zero-order chi connectivity index (χ0) is 6.85. The van der Waals surface area contributed by atoms with Crippen LogP contribution in [0.5, 0.6) is 0 Å². The molecule has 0 unspecified atom stereocenters. The van der Waals surface area contributed by atoms with Gasteiger partial charge in [-0.2, -0.15) is 0 Å². The second-order valence-electron chi connectivity index (χ2n) is 1.46. The Bertz CT molecular complexity index is 228. The van der Waals surface area contributed by atoms with Gasteiger partial charge in [-0.05, 0) is 22.0 Å². The second kappa shape index (κ2) is 2.90. The van der Waals surface area contributed by atoms with Crippen molar-refractivity contribution in [2.45, 2.75) is 4.90 Å². The van der Waals surface area contributed by atoms with Crippen LogP contribution in [0, 0.1) is 0 Å². The summed E-state index contributed by atoms with van der Waals surface area (Å²) in [6.07, 6.45) is 1.63. The van der Waals surface area contributed by atoms with Crippen LogP contribution < -0.4 is 0 Å². The number of pyridine rings is 1. The van der Waals surface area contributed by atoms with Crippen LogP contribution in [0.1, 0.15) is 0 Å². The van der Waals surface area contributed by atoms with Crippen LogP contribution in [0.15, 0.2) is 21.6 Å². The molecule has 9 heavy (non-hydrogen) atoms. The second-order valence-corrected chi connectivity index (χ2v) is 3.22. The molecule has 0 aliphatic rings. The van der Waals surface area contributed by atoms with Gasteiger partial charge in [-0.3, -0.25) is 0 Å². The van der Waals surface area contributed by atoms with Gasteiger partial charge in [0.2, 0.25) is 0 Å². The van der Waals surface area contributed by atoms with Crippen molar-refractivity contribution in [2.24, 2.45) is 0 Å². The Morgan fingerprint density at radius 1 is 1.67 bits per heavy atom. The molecule has 48 valence electrons. The monoisotopic (exact) mass is 223 g/mol. The van der Waals surface area contributed by atoms with Crippen molar-refractivity contribution in [1.82, 2.24) is 4.98 Å². The van der Waals surface area contributed by atoms with E-state index in [-0.39, 0.29) is 0 Å². The number of hydrogen-bond donors (Lipinski definition) is 1. The number of aromatic nitrogens is 1. The summed E-state index contributed by atoms with van der Waals surface area (Å²) in [6, 6.07) is 1.79. The Morgan fingerprint density at radius 3 is 2.78 bits per heavy atom. The van der Waals surface area contributed by atoms with Crippen molar-refractivity contribution in [1.29, 1.82) is 0 Å². The zero-order valence-electron chi connectivity index (χ0n) is 4.31. The third-order valence-electron chi connectivity index (χ3n) is 0.787. The molecule has 0 N–H and O–H groups in total. The summed E-state index contributed by atoms with van der Waals surface area (Å²) in [6.45, 7) is 0. The maximum atomic E-state index is 5.57. The van der Waals surface area contributed by atoms with Gasteiger partial charge in [0.25, 0.3) is 0 Å². The molecule has 0 saturated heterocycles. The highest BCUT2D eigenvalue weighted by Crippen LogP contribution is 2.20. The predicted molar refractivity (Wildman–Crippen MR) is 44.2 cm³/mol. The van der Waals surface area contributed by atoms with Gasteiger partial charge in [-0.15, -0.1) is 12.6 Å². The van der Waals surface area contributed by atoms with E-state index in [0.29, 0.717) is 10.0 Å². The Kier molecular flexibility index (Phi) is 2.38. The summed E-state index contributed by atoms with van der Waals surface area (Å²) in [5, 5.41) is 0.432. The van der Waals surface area contributed by atoms with E-state index in [2.05, 4.69) is 33.5 Å². The normalized spacial score (nSPS) is 9.67. The highest BCUT2D eigenvalue weighted by Gasteiger charge is 1.95. The fraction of sp³-hybridized carbons (Fsp3) is 0. The lowest BCUT2D eigenvalue weighted by molar-refractivity contribution is 1.22. The van der Waals surface area contributed by atoms with Crippen molar-refractivity contribution in [3.8, 4) is 0 Å². The molecule has 1 nitrogen and oxygen atoms in total. The van der Waals surface area contributed by atoms with Crippen molar-refractivity contribution in [2.75, 3.05) is 0 Å². The first-order chi connectivity index (χ1) is 4.20. The molecular weight excluding hydrogens is 221 g/mol. The Labute approximate surface area is 72.0 Å². The number of thiol groups is 1. The molecule has 0 fully saturated rings. The largest absolute Gasteiger partial charge is 0.242 e. The fourth-order valence-electron chi connectivity index (χ4n) is 0.412. The summed E-state index contributed by atoms with van der Waals surface area (Å²) in [7, 11) is 0. The summed E-state index contributed by atoms with van der Waals surface area (Å²) in [4.78, 5) is 4.51. The van der Waals surface area contributed by atoms with Gasteiger partial charge in [0.1, 0.15) is 5.15 Å². The molecule has 0 spiro atoms. The summed E-state index contributed by atoms with van der Waals surface area (Å²) in [5.74, 6) is 0. The SMILES string of the molecule is Sc1cc(Br)cnc1Cl. The van der Waals surface area contributed by atoms with E-state index in [1.54, 1.807) is 12.3 Å². The van der Waals surface area contributed by atoms with E-state index in [1.807, 2.05) is 0 Å². The molecule has 1 aromatic heterocycles. The van der Waals surface area contributed by atoms with E-state index in [9.17, 15) is 0 Å². The smallest absolute Gasteiger partial charge is 0.142 e. The fourth-order valence-corrected chi connectivity index (χ4v) is 1.22. The highest BCUT2D eigenvalue weighted by molar-refractivity contribution is 9.10. The van der Waals surface area contributed by atoms with Crippen LogP contribution in [0.2, 0.25) is 5.15 Å². The lowest BCUT2D eigenvalue weighted by Gasteiger charge is -1.93. The third kappa shape index (κ3) is 1.85. The molecule has 0 atom stereocenters. The molecule has 0 aliphatic heterocycles. The lowest BCUT2D eigenvalue weighted by Crippen LogP contribution is -1.75. The average Bonchev–Trinajstić information content (AvgIpc) is 1.80. The van der Waals surface area contributed by atoms with Crippen LogP contribution in [-0.4, -0.2) is 4.98 Å². The topological polar surface area (TPSA) is 12.9 Å². The minimum atomic E-state index is 0.432. The van der Waals surface area contributed by atoms with E-state index < -0.39 is 0 Å². The molecule has 0 amide bonds. The third-order valence-corrected chi connectivity index (χ3v) is 1.99. The van der Waals surface area contributed by atoms with Crippen molar-refractivity contribution in [3.05, 3.63) is 21.9 Å². The number of nitrogens with zero attached hydrogens (tertiary/aromatic N) is 1. The van der Waals surface area contributed by atoms with Gasteiger partial charge in [0.15, 0.2) is 0 Å². The Morgan fingerprint density at radius 2 is 2.33 bits per heavy atom. The quantitative estimate of drug-likeness (QED) is 0.528. The van der Waals surface area contributed by atoms with Crippen LogP contribution in [-0.2, 0) is 0 Å². The van der Waals surface area contributed by atoms with Gasteiger partial charge in [0.05, 0.1) is 0 Å². The first kappa shape index (κ1) is 7.38. The van der Waals surface area contributed by atoms with Gasteiger partial charge in [-0.25, -0.2) is 4.98 Å². The highest BCUT2D eigenvalue weighted by atomic mass is 79.9.